The van der Waals surface area contributed by atoms with Crippen LogP contribution in [0.15, 0.2) is 24.3 Å². The molecule has 0 radical (unpaired) electrons. The second-order valence-electron chi connectivity index (χ2n) is 3.34. The first-order valence-corrected chi connectivity index (χ1v) is 4.96. The number of ether oxygens (including phenoxy) is 1. The fourth-order valence-electron chi connectivity index (χ4n) is 1.28. The van der Waals surface area contributed by atoms with Crippen molar-refractivity contribution >= 4 is 5.97 Å². The molecule has 0 fully saturated rings. The van der Waals surface area contributed by atoms with Gasteiger partial charge in [-0.2, -0.15) is 8.78 Å². The normalized spacial score (nSPS) is 13.2. The molecule has 0 bridgehead atoms. The summed E-state index contributed by atoms with van der Waals surface area (Å²) < 4.78 is 44.4. The third-order valence-electron chi connectivity index (χ3n) is 2.18. The van der Waals surface area contributed by atoms with Crippen molar-refractivity contribution in [2.24, 2.45) is 5.73 Å². The molecule has 0 spiro atoms. The van der Waals surface area contributed by atoms with E-state index in [0.717, 1.165) is 12.1 Å². The molecule has 1 rings (SSSR count). The molecule has 0 aliphatic rings. The molecule has 1 aromatic rings. The highest BCUT2D eigenvalue weighted by Gasteiger charge is 2.48. The molecule has 2 N–H and O–H groups in total. The topological polar surface area (TPSA) is 52.3 Å². The van der Waals surface area contributed by atoms with Crippen molar-refractivity contribution in [3.8, 4) is 0 Å². The molecule has 6 heteroatoms. The van der Waals surface area contributed by atoms with Crippen LogP contribution in [-0.4, -0.2) is 18.5 Å². The number of hydrogen-bond acceptors (Lipinski definition) is 3. The summed E-state index contributed by atoms with van der Waals surface area (Å²) in [6, 6.07) is 2.74. The summed E-state index contributed by atoms with van der Waals surface area (Å²) in [4.78, 5) is 11.0. The smallest absolute Gasteiger partial charge is 0.379 e. The van der Waals surface area contributed by atoms with Crippen LogP contribution in [-0.2, 0) is 9.53 Å². The summed E-state index contributed by atoms with van der Waals surface area (Å²) >= 11 is 0. The lowest BCUT2D eigenvalue weighted by Crippen LogP contribution is -2.42. The van der Waals surface area contributed by atoms with E-state index >= 15 is 0 Å². The Labute approximate surface area is 96.4 Å². The van der Waals surface area contributed by atoms with Gasteiger partial charge in [0.25, 0.3) is 0 Å². The van der Waals surface area contributed by atoms with E-state index in [1.165, 1.54) is 19.1 Å². The molecule has 0 aliphatic heterocycles. The molecule has 1 atom stereocenters. The number of benzene rings is 1. The monoisotopic (exact) mass is 247 g/mol. The maximum atomic E-state index is 13.5. The standard InChI is InChI=1S/C11H12F3NO2/c1-2-17-10(16)11(13,14)9(15)7-5-3-4-6-8(7)12/h3-6,9H,2,15H2,1H3/t9-/m0/s1. The van der Waals surface area contributed by atoms with E-state index < -0.39 is 29.3 Å². The van der Waals surface area contributed by atoms with Crippen molar-refractivity contribution < 1.29 is 22.7 Å². The third-order valence-corrected chi connectivity index (χ3v) is 2.18. The van der Waals surface area contributed by atoms with Crippen LogP contribution >= 0.6 is 0 Å². The fraction of sp³-hybridized carbons (Fsp3) is 0.364. The summed E-state index contributed by atoms with van der Waals surface area (Å²) in [5, 5.41) is 0. The van der Waals surface area contributed by atoms with Gasteiger partial charge in [-0.25, -0.2) is 9.18 Å². The van der Waals surface area contributed by atoms with Gasteiger partial charge >= 0.3 is 11.9 Å². The van der Waals surface area contributed by atoms with Crippen molar-refractivity contribution in [1.29, 1.82) is 0 Å². The summed E-state index contributed by atoms with van der Waals surface area (Å²) in [5.74, 6) is -6.60. The average molecular weight is 247 g/mol. The maximum Gasteiger partial charge on any atom is 0.379 e. The number of rotatable bonds is 4. The van der Waals surface area contributed by atoms with Crippen LogP contribution in [0.2, 0.25) is 0 Å². The molecular formula is C11H12F3NO2. The Balaban J connectivity index is 3.00. The summed E-state index contributed by atoms with van der Waals surface area (Å²) in [6.45, 7) is 1.20. The first-order chi connectivity index (χ1) is 7.91. The molecule has 0 saturated heterocycles. The van der Waals surface area contributed by atoms with Crippen molar-refractivity contribution in [2.75, 3.05) is 6.61 Å². The number of carbonyl (C=O) groups excluding carboxylic acids is 1. The molecule has 1 aromatic carbocycles. The third kappa shape index (κ3) is 2.76. The largest absolute Gasteiger partial charge is 0.462 e. The van der Waals surface area contributed by atoms with E-state index in [-0.39, 0.29) is 6.61 Å². The van der Waals surface area contributed by atoms with Gasteiger partial charge in [-0.3, -0.25) is 0 Å². The summed E-state index contributed by atoms with van der Waals surface area (Å²) in [5.41, 5.74) is 4.79. The van der Waals surface area contributed by atoms with E-state index in [2.05, 4.69) is 4.74 Å². The van der Waals surface area contributed by atoms with Gasteiger partial charge < -0.3 is 10.5 Å². The Kier molecular flexibility index (Phi) is 4.11. The van der Waals surface area contributed by atoms with Gasteiger partial charge in [-0.15, -0.1) is 0 Å². The number of hydrogen-bond donors (Lipinski definition) is 1. The fourth-order valence-corrected chi connectivity index (χ4v) is 1.28. The second-order valence-corrected chi connectivity index (χ2v) is 3.34. The molecule has 17 heavy (non-hydrogen) atoms. The summed E-state index contributed by atoms with van der Waals surface area (Å²) in [6.07, 6.45) is 0. The van der Waals surface area contributed by atoms with E-state index in [9.17, 15) is 18.0 Å². The molecule has 94 valence electrons. The zero-order chi connectivity index (χ0) is 13.1. The Bertz CT molecular complexity index is 409. The number of nitrogens with two attached hydrogens (primary N) is 1. The zero-order valence-electron chi connectivity index (χ0n) is 9.12. The Morgan fingerprint density at radius 2 is 2.06 bits per heavy atom. The molecule has 0 heterocycles. The van der Waals surface area contributed by atoms with Crippen LogP contribution in [0.5, 0.6) is 0 Å². The van der Waals surface area contributed by atoms with Gasteiger partial charge in [0.15, 0.2) is 0 Å². The minimum absolute atomic E-state index is 0.196. The van der Waals surface area contributed by atoms with Crippen LogP contribution < -0.4 is 5.73 Å². The quantitative estimate of drug-likeness (QED) is 0.828. The van der Waals surface area contributed by atoms with Crippen LogP contribution in [0.4, 0.5) is 13.2 Å². The van der Waals surface area contributed by atoms with Crippen molar-refractivity contribution in [3.63, 3.8) is 0 Å². The Morgan fingerprint density at radius 3 is 2.59 bits per heavy atom. The zero-order valence-corrected chi connectivity index (χ0v) is 9.12. The first kappa shape index (κ1) is 13.5. The van der Waals surface area contributed by atoms with Gasteiger partial charge in [0.2, 0.25) is 0 Å². The van der Waals surface area contributed by atoms with E-state index in [1.807, 2.05) is 0 Å². The van der Waals surface area contributed by atoms with Gasteiger partial charge in [-0.1, -0.05) is 18.2 Å². The molecule has 0 unspecified atom stereocenters. The highest BCUT2D eigenvalue weighted by Crippen LogP contribution is 2.31. The first-order valence-electron chi connectivity index (χ1n) is 4.96. The van der Waals surface area contributed by atoms with Crippen molar-refractivity contribution in [3.05, 3.63) is 35.6 Å². The molecule has 3 nitrogen and oxygen atoms in total. The van der Waals surface area contributed by atoms with Crippen LogP contribution in [0.25, 0.3) is 0 Å². The van der Waals surface area contributed by atoms with Crippen LogP contribution in [0.3, 0.4) is 0 Å². The number of carbonyl (C=O) groups is 1. The maximum absolute atomic E-state index is 13.5. The van der Waals surface area contributed by atoms with Crippen LogP contribution in [0.1, 0.15) is 18.5 Å². The van der Waals surface area contributed by atoms with Gasteiger partial charge in [0.05, 0.1) is 6.61 Å². The van der Waals surface area contributed by atoms with E-state index in [0.29, 0.717) is 0 Å². The Hall–Kier alpha value is -1.56. The highest BCUT2D eigenvalue weighted by molar-refractivity contribution is 5.78. The average Bonchev–Trinajstić information content (AvgIpc) is 2.29. The highest BCUT2D eigenvalue weighted by atomic mass is 19.3. The predicted molar refractivity (Wildman–Crippen MR) is 54.9 cm³/mol. The van der Waals surface area contributed by atoms with Gasteiger partial charge in [-0.05, 0) is 13.0 Å². The molecular weight excluding hydrogens is 235 g/mol. The van der Waals surface area contributed by atoms with E-state index in [1.54, 1.807) is 0 Å². The summed E-state index contributed by atoms with van der Waals surface area (Å²) in [7, 11) is 0. The predicted octanol–water partition coefficient (Wildman–Crippen LogP) is 2.02. The molecule has 0 aromatic heterocycles. The molecule has 0 amide bonds. The second kappa shape index (κ2) is 5.18. The lowest BCUT2D eigenvalue weighted by molar-refractivity contribution is -0.174. The number of halogens is 3. The minimum atomic E-state index is -3.96. The van der Waals surface area contributed by atoms with Crippen molar-refractivity contribution in [1.82, 2.24) is 0 Å². The SMILES string of the molecule is CCOC(=O)C(F)(F)[C@@H](N)c1ccccc1F. The minimum Gasteiger partial charge on any atom is -0.462 e. The van der Waals surface area contributed by atoms with Gasteiger partial charge in [0, 0.05) is 5.56 Å². The van der Waals surface area contributed by atoms with Crippen molar-refractivity contribution in [2.45, 2.75) is 18.9 Å². The van der Waals surface area contributed by atoms with Gasteiger partial charge in [0.1, 0.15) is 11.9 Å². The number of alkyl halides is 2. The molecule has 0 aliphatic carbocycles. The Morgan fingerprint density at radius 1 is 1.47 bits per heavy atom. The van der Waals surface area contributed by atoms with E-state index in [4.69, 9.17) is 5.73 Å². The van der Waals surface area contributed by atoms with Crippen LogP contribution in [0, 0.1) is 5.82 Å². The lowest BCUT2D eigenvalue weighted by atomic mass is 10.0. The number of esters is 1. The lowest BCUT2D eigenvalue weighted by Gasteiger charge is -2.22. The molecule has 0 saturated carbocycles.